The third-order valence-electron chi connectivity index (χ3n) is 3.61. The summed E-state index contributed by atoms with van der Waals surface area (Å²) in [6, 6.07) is 2.00. The Bertz CT molecular complexity index is 503. The first-order chi connectivity index (χ1) is 9.88. The molecule has 6 heteroatoms. The Morgan fingerprint density at radius 1 is 1.19 bits per heavy atom. The number of nitrogen functional groups attached to an aromatic ring is 1. The van der Waals surface area contributed by atoms with Crippen molar-refractivity contribution in [3.63, 3.8) is 0 Å². The summed E-state index contributed by atoms with van der Waals surface area (Å²) in [6.45, 7) is 7.99. The van der Waals surface area contributed by atoms with Crippen LogP contribution in [0.15, 0.2) is 12.1 Å². The number of rotatable bonds is 3. The van der Waals surface area contributed by atoms with Crippen LogP contribution in [0.25, 0.3) is 0 Å². The maximum atomic E-state index is 13.4. The van der Waals surface area contributed by atoms with E-state index in [0.717, 1.165) is 31.8 Å². The van der Waals surface area contributed by atoms with Crippen LogP contribution in [0.3, 0.4) is 0 Å². The predicted octanol–water partition coefficient (Wildman–Crippen LogP) is 1.96. The van der Waals surface area contributed by atoms with Gasteiger partial charge in [-0.3, -0.25) is 9.69 Å². The van der Waals surface area contributed by atoms with E-state index >= 15 is 0 Å². The maximum absolute atomic E-state index is 13.4. The summed E-state index contributed by atoms with van der Waals surface area (Å²) in [7, 11) is 0. The van der Waals surface area contributed by atoms with E-state index in [4.69, 9.17) is 5.73 Å². The van der Waals surface area contributed by atoms with E-state index in [1.165, 1.54) is 0 Å². The average molecular weight is 297 g/mol. The molecule has 0 saturated carbocycles. The van der Waals surface area contributed by atoms with Gasteiger partial charge in [0.1, 0.15) is 17.3 Å². The number of piperazine rings is 1. The van der Waals surface area contributed by atoms with Crippen LogP contribution in [0.1, 0.15) is 24.2 Å². The highest BCUT2D eigenvalue weighted by Gasteiger charge is 2.23. The molecule has 0 bridgehead atoms. The van der Waals surface area contributed by atoms with Crippen LogP contribution in [-0.2, 0) is 0 Å². The summed E-state index contributed by atoms with van der Waals surface area (Å²) >= 11 is 0. The lowest BCUT2D eigenvalue weighted by Gasteiger charge is -2.35. The molecule has 4 nitrogen and oxygen atoms in total. The van der Waals surface area contributed by atoms with E-state index in [0.29, 0.717) is 19.0 Å². The smallest absolute Gasteiger partial charge is 0.254 e. The zero-order valence-corrected chi connectivity index (χ0v) is 12.4. The van der Waals surface area contributed by atoms with E-state index in [1.54, 1.807) is 4.90 Å². The van der Waals surface area contributed by atoms with E-state index in [9.17, 15) is 13.6 Å². The van der Waals surface area contributed by atoms with Crippen molar-refractivity contribution in [3.8, 4) is 0 Å². The Hall–Kier alpha value is -1.69. The van der Waals surface area contributed by atoms with Gasteiger partial charge in [-0.2, -0.15) is 0 Å². The van der Waals surface area contributed by atoms with Gasteiger partial charge in [0, 0.05) is 38.3 Å². The minimum absolute atomic E-state index is 0.0107. The molecular weight excluding hydrogens is 276 g/mol. The molecular formula is C15H21F2N3O. The standard InChI is InChI=1S/C15H21F2N3O/c1-10(2)9-19-3-5-20(6-4-19)15(21)11-7-12(16)14(18)13(17)8-11/h7-8,10H,3-6,9,18H2,1-2H3. The van der Waals surface area contributed by atoms with Gasteiger partial charge < -0.3 is 10.6 Å². The summed E-state index contributed by atoms with van der Waals surface area (Å²) in [5, 5.41) is 0. The van der Waals surface area contributed by atoms with Crippen LogP contribution in [0.4, 0.5) is 14.5 Å². The minimum atomic E-state index is -0.892. The Balaban J connectivity index is 2.02. The second-order valence-electron chi connectivity index (χ2n) is 5.84. The third kappa shape index (κ3) is 3.69. The van der Waals surface area contributed by atoms with Gasteiger partial charge in [0.2, 0.25) is 0 Å². The van der Waals surface area contributed by atoms with Crippen molar-refractivity contribution in [1.29, 1.82) is 0 Å². The molecule has 0 atom stereocenters. The molecule has 0 aliphatic carbocycles. The summed E-state index contributed by atoms with van der Waals surface area (Å²) in [5.41, 5.74) is 4.68. The van der Waals surface area contributed by atoms with Gasteiger partial charge in [0.15, 0.2) is 0 Å². The SMILES string of the molecule is CC(C)CN1CCN(C(=O)c2cc(F)c(N)c(F)c2)CC1. The maximum Gasteiger partial charge on any atom is 0.254 e. The fraction of sp³-hybridized carbons (Fsp3) is 0.533. The highest BCUT2D eigenvalue weighted by Crippen LogP contribution is 2.19. The molecule has 0 aromatic heterocycles. The largest absolute Gasteiger partial charge is 0.394 e. The molecule has 0 unspecified atom stereocenters. The summed E-state index contributed by atoms with van der Waals surface area (Å²) < 4.78 is 26.9. The molecule has 1 aliphatic heterocycles. The Morgan fingerprint density at radius 3 is 2.19 bits per heavy atom. The Kier molecular flexibility index (Phi) is 4.77. The van der Waals surface area contributed by atoms with Crippen LogP contribution >= 0.6 is 0 Å². The summed E-state index contributed by atoms with van der Waals surface area (Å²) in [4.78, 5) is 16.2. The van der Waals surface area contributed by atoms with E-state index in [-0.39, 0.29) is 11.5 Å². The Morgan fingerprint density at radius 2 is 1.71 bits per heavy atom. The number of benzene rings is 1. The molecule has 2 rings (SSSR count). The van der Waals surface area contributed by atoms with Gasteiger partial charge in [-0.15, -0.1) is 0 Å². The minimum Gasteiger partial charge on any atom is -0.394 e. The summed E-state index contributed by atoms with van der Waals surface area (Å²) in [6.07, 6.45) is 0. The molecule has 0 spiro atoms. The van der Waals surface area contributed by atoms with Crippen molar-refractivity contribution < 1.29 is 13.6 Å². The molecule has 1 aliphatic rings. The van der Waals surface area contributed by atoms with Crippen molar-refractivity contribution in [1.82, 2.24) is 9.80 Å². The molecule has 1 saturated heterocycles. The number of amides is 1. The van der Waals surface area contributed by atoms with Crippen LogP contribution in [0.5, 0.6) is 0 Å². The zero-order chi connectivity index (χ0) is 15.6. The number of hydrogen-bond acceptors (Lipinski definition) is 3. The monoisotopic (exact) mass is 297 g/mol. The van der Waals surface area contributed by atoms with Crippen molar-refractivity contribution in [2.75, 3.05) is 38.5 Å². The van der Waals surface area contributed by atoms with Gasteiger partial charge in [0.25, 0.3) is 5.91 Å². The van der Waals surface area contributed by atoms with Gasteiger partial charge >= 0.3 is 0 Å². The molecule has 1 fully saturated rings. The number of carbonyl (C=O) groups is 1. The van der Waals surface area contributed by atoms with Gasteiger partial charge in [-0.05, 0) is 18.1 Å². The molecule has 0 radical (unpaired) electrons. The van der Waals surface area contributed by atoms with E-state index in [1.807, 2.05) is 0 Å². The highest BCUT2D eigenvalue weighted by atomic mass is 19.1. The number of hydrogen-bond donors (Lipinski definition) is 1. The number of carbonyl (C=O) groups excluding carboxylic acids is 1. The topological polar surface area (TPSA) is 49.6 Å². The first kappa shape index (κ1) is 15.7. The van der Waals surface area contributed by atoms with Gasteiger partial charge in [0.05, 0.1) is 0 Å². The lowest BCUT2D eigenvalue weighted by molar-refractivity contribution is 0.0623. The molecule has 116 valence electrons. The van der Waals surface area contributed by atoms with Gasteiger partial charge in [-0.25, -0.2) is 8.78 Å². The lowest BCUT2D eigenvalue weighted by Crippen LogP contribution is -2.49. The Labute approximate surface area is 123 Å². The van der Waals surface area contributed by atoms with Crippen LogP contribution < -0.4 is 5.73 Å². The molecule has 1 aromatic rings. The van der Waals surface area contributed by atoms with Crippen molar-refractivity contribution in [2.45, 2.75) is 13.8 Å². The second kappa shape index (κ2) is 6.39. The lowest BCUT2D eigenvalue weighted by atomic mass is 10.1. The van der Waals surface area contributed by atoms with Gasteiger partial charge in [-0.1, -0.05) is 13.8 Å². The normalized spacial score (nSPS) is 16.5. The molecule has 1 heterocycles. The average Bonchev–Trinajstić information content (AvgIpc) is 2.43. The van der Waals surface area contributed by atoms with Crippen LogP contribution in [0, 0.1) is 17.6 Å². The van der Waals surface area contributed by atoms with Crippen molar-refractivity contribution in [3.05, 3.63) is 29.3 Å². The molecule has 21 heavy (non-hydrogen) atoms. The number of nitrogens with zero attached hydrogens (tertiary/aromatic N) is 2. The summed E-state index contributed by atoms with van der Waals surface area (Å²) in [5.74, 6) is -1.56. The van der Waals surface area contributed by atoms with Crippen molar-refractivity contribution >= 4 is 11.6 Å². The van der Waals surface area contributed by atoms with Crippen molar-refractivity contribution in [2.24, 2.45) is 5.92 Å². The van der Waals surface area contributed by atoms with Crippen LogP contribution in [0.2, 0.25) is 0 Å². The quantitative estimate of drug-likeness (QED) is 0.868. The van der Waals surface area contributed by atoms with E-state index in [2.05, 4.69) is 18.7 Å². The van der Waals surface area contributed by atoms with Crippen LogP contribution in [-0.4, -0.2) is 48.4 Å². The second-order valence-corrected chi connectivity index (χ2v) is 5.84. The van der Waals surface area contributed by atoms with E-state index < -0.39 is 17.3 Å². The molecule has 1 aromatic carbocycles. The first-order valence-corrected chi connectivity index (χ1v) is 7.14. The number of nitrogens with two attached hydrogens (primary N) is 1. The zero-order valence-electron chi connectivity index (χ0n) is 12.4. The number of halogens is 2. The first-order valence-electron chi connectivity index (χ1n) is 7.14. The third-order valence-corrected chi connectivity index (χ3v) is 3.61. The molecule has 1 amide bonds. The fourth-order valence-electron chi connectivity index (χ4n) is 2.54. The highest BCUT2D eigenvalue weighted by molar-refractivity contribution is 5.94. The predicted molar refractivity (Wildman–Crippen MR) is 78.0 cm³/mol. The fourth-order valence-corrected chi connectivity index (χ4v) is 2.54. The molecule has 2 N–H and O–H groups in total. The number of anilines is 1.